The maximum atomic E-state index is 10.8. The van der Waals surface area contributed by atoms with Gasteiger partial charge in [0.25, 0.3) is 0 Å². The minimum Gasteiger partial charge on any atom is -0.494 e. The lowest BCUT2D eigenvalue weighted by molar-refractivity contribution is 0.0697. The second-order valence-electron chi connectivity index (χ2n) is 5.46. The Balaban J connectivity index is 1.81. The summed E-state index contributed by atoms with van der Waals surface area (Å²) in [7, 11) is 0. The number of carboxylic acids is 1. The van der Waals surface area contributed by atoms with Gasteiger partial charge in [-0.05, 0) is 41.8 Å². The largest absolute Gasteiger partial charge is 0.494 e. The zero-order valence-electron chi connectivity index (χ0n) is 13.4. The van der Waals surface area contributed by atoms with Gasteiger partial charge in [0.15, 0.2) is 0 Å². The van der Waals surface area contributed by atoms with Crippen LogP contribution in [0.5, 0.6) is 5.75 Å². The van der Waals surface area contributed by atoms with Gasteiger partial charge in [0.05, 0.1) is 12.2 Å². The number of carbonyl (C=O) groups is 1. The third-order valence-electron chi connectivity index (χ3n) is 3.52. The third-order valence-corrected chi connectivity index (χ3v) is 3.52. The van der Waals surface area contributed by atoms with Crippen molar-refractivity contribution in [1.82, 2.24) is 5.32 Å². The predicted molar refractivity (Wildman–Crippen MR) is 90.8 cm³/mol. The monoisotopic (exact) mass is 313 g/mol. The number of ether oxygens (including phenoxy) is 1. The van der Waals surface area contributed by atoms with Gasteiger partial charge in [0, 0.05) is 13.1 Å². The molecule has 0 fully saturated rings. The van der Waals surface area contributed by atoms with Crippen LogP contribution in [-0.4, -0.2) is 17.7 Å². The number of nitrogens with one attached hydrogen (secondary N) is 1. The Bertz CT molecular complexity index is 623. The topological polar surface area (TPSA) is 58.6 Å². The van der Waals surface area contributed by atoms with Crippen LogP contribution in [0.4, 0.5) is 0 Å². The molecule has 0 spiro atoms. The van der Waals surface area contributed by atoms with Crippen molar-refractivity contribution in [2.24, 2.45) is 0 Å². The SMILES string of the molecule is CCCCOc1cccc(CNCc2ccc(C(=O)O)cc2)c1. The summed E-state index contributed by atoms with van der Waals surface area (Å²) in [6.07, 6.45) is 2.19. The Hall–Kier alpha value is -2.33. The van der Waals surface area contributed by atoms with Crippen LogP contribution >= 0.6 is 0 Å². The van der Waals surface area contributed by atoms with Crippen LogP contribution < -0.4 is 10.1 Å². The van der Waals surface area contributed by atoms with Gasteiger partial charge in [-0.3, -0.25) is 0 Å². The number of aromatic carboxylic acids is 1. The van der Waals surface area contributed by atoms with Crippen molar-refractivity contribution in [3.63, 3.8) is 0 Å². The number of hydrogen-bond acceptors (Lipinski definition) is 3. The zero-order valence-corrected chi connectivity index (χ0v) is 13.4. The molecule has 4 heteroatoms. The molecule has 0 radical (unpaired) electrons. The quantitative estimate of drug-likeness (QED) is 0.690. The van der Waals surface area contributed by atoms with Crippen molar-refractivity contribution in [2.45, 2.75) is 32.9 Å². The van der Waals surface area contributed by atoms with E-state index in [-0.39, 0.29) is 0 Å². The fraction of sp³-hybridized carbons (Fsp3) is 0.316. The first kappa shape index (κ1) is 17.0. The molecule has 0 aromatic heterocycles. The summed E-state index contributed by atoms with van der Waals surface area (Å²) in [6, 6.07) is 15.0. The first-order valence-corrected chi connectivity index (χ1v) is 7.93. The summed E-state index contributed by atoms with van der Waals surface area (Å²) in [5.74, 6) is 0.00737. The first-order valence-electron chi connectivity index (χ1n) is 7.93. The van der Waals surface area contributed by atoms with E-state index in [0.29, 0.717) is 12.1 Å². The average Bonchev–Trinajstić information content (AvgIpc) is 2.56. The molecule has 2 aromatic carbocycles. The lowest BCUT2D eigenvalue weighted by Gasteiger charge is -2.09. The normalized spacial score (nSPS) is 10.5. The highest BCUT2D eigenvalue weighted by molar-refractivity contribution is 5.87. The maximum absolute atomic E-state index is 10.8. The summed E-state index contributed by atoms with van der Waals surface area (Å²) < 4.78 is 5.70. The zero-order chi connectivity index (χ0) is 16.5. The van der Waals surface area contributed by atoms with Crippen molar-refractivity contribution in [1.29, 1.82) is 0 Å². The van der Waals surface area contributed by atoms with Gasteiger partial charge in [0.1, 0.15) is 5.75 Å². The molecule has 0 heterocycles. The highest BCUT2D eigenvalue weighted by Crippen LogP contribution is 2.14. The summed E-state index contributed by atoms with van der Waals surface area (Å²) in [6.45, 7) is 4.34. The molecule has 0 saturated carbocycles. The Morgan fingerprint density at radius 2 is 1.83 bits per heavy atom. The van der Waals surface area contributed by atoms with E-state index < -0.39 is 5.97 Å². The van der Waals surface area contributed by atoms with E-state index in [4.69, 9.17) is 9.84 Å². The predicted octanol–water partition coefficient (Wildman–Crippen LogP) is 3.85. The minimum atomic E-state index is -0.899. The highest BCUT2D eigenvalue weighted by Gasteiger charge is 2.02. The number of hydrogen-bond donors (Lipinski definition) is 2. The summed E-state index contributed by atoms with van der Waals surface area (Å²) in [5, 5.41) is 12.2. The second-order valence-corrected chi connectivity index (χ2v) is 5.46. The molecule has 2 N–H and O–H groups in total. The molecule has 4 nitrogen and oxygen atoms in total. The molecule has 2 aromatic rings. The lowest BCUT2D eigenvalue weighted by Crippen LogP contribution is -2.13. The van der Waals surface area contributed by atoms with Crippen LogP contribution in [0.25, 0.3) is 0 Å². The molecule has 0 unspecified atom stereocenters. The Morgan fingerprint density at radius 3 is 2.52 bits per heavy atom. The van der Waals surface area contributed by atoms with E-state index in [1.54, 1.807) is 12.1 Å². The first-order chi connectivity index (χ1) is 11.2. The molecule has 0 aliphatic carbocycles. The molecule has 122 valence electrons. The van der Waals surface area contributed by atoms with E-state index >= 15 is 0 Å². The molecule has 0 aliphatic rings. The Labute approximate surface area is 137 Å². The molecular weight excluding hydrogens is 290 g/mol. The molecule has 0 bridgehead atoms. The lowest BCUT2D eigenvalue weighted by atomic mass is 10.1. The van der Waals surface area contributed by atoms with Crippen molar-refractivity contribution >= 4 is 5.97 Å². The van der Waals surface area contributed by atoms with Crippen LogP contribution in [0.3, 0.4) is 0 Å². The third kappa shape index (κ3) is 5.75. The van der Waals surface area contributed by atoms with E-state index in [0.717, 1.165) is 37.3 Å². The minimum absolute atomic E-state index is 0.311. The van der Waals surface area contributed by atoms with Crippen LogP contribution in [0.1, 0.15) is 41.3 Å². The van der Waals surface area contributed by atoms with Crippen LogP contribution in [0.15, 0.2) is 48.5 Å². The fourth-order valence-corrected chi connectivity index (χ4v) is 2.20. The average molecular weight is 313 g/mol. The highest BCUT2D eigenvalue weighted by atomic mass is 16.5. The molecular formula is C19H23NO3. The maximum Gasteiger partial charge on any atom is 0.335 e. The van der Waals surface area contributed by atoms with Gasteiger partial charge in [-0.15, -0.1) is 0 Å². The van der Waals surface area contributed by atoms with Crippen molar-refractivity contribution < 1.29 is 14.6 Å². The van der Waals surface area contributed by atoms with Gasteiger partial charge >= 0.3 is 5.97 Å². The van der Waals surface area contributed by atoms with Crippen LogP contribution in [-0.2, 0) is 13.1 Å². The second kappa shape index (κ2) is 8.96. The number of benzene rings is 2. The smallest absolute Gasteiger partial charge is 0.335 e. The fourth-order valence-electron chi connectivity index (χ4n) is 2.20. The van der Waals surface area contributed by atoms with Gasteiger partial charge in [-0.1, -0.05) is 37.6 Å². The summed E-state index contributed by atoms with van der Waals surface area (Å²) in [5.41, 5.74) is 2.54. The number of unbranched alkanes of at least 4 members (excludes halogenated alkanes) is 1. The molecule has 0 atom stereocenters. The van der Waals surface area contributed by atoms with Crippen molar-refractivity contribution in [3.05, 3.63) is 65.2 Å². The van der Waals surface area contributed by atoms with Gasteiger partial charge < -0.3 is 15.2 Å². The molecule has 0 aliphatic heterocycles. The molecule has 0 amide bonds. The Morgan fingerprint density at radius 1 is 1.09 bits per heavy atom. The molecule has 0 saturated heterocycles. The van der Waals surface area contributed by atoms with Gasteiger partial charge in [-0.25, -0.2) is 4.79 Å². The van der Waals surface area contributed by atoms with E-state index in [1.807, 2.05) is 24.3 Å². The van der Waals surface area contributed by atoms with Crippen molar-refractivity contribution in [2.75, 3.05) is 6.61 Å². The van der Waals surface area contributed by atoms with Gasteiger partial charge in [0.2, 0.25) is 0 Å². The van der Waals surface area contributed by atoms with E-state index in [1.165, 1.54) is 5.56 Å². The van der Waals surface area contributed by atoms with E-state index in [2.05, 4.69) is 24.4 Å². The molecule has 23 heavy (non-hydrogen) atoms. The van der Waals surface area contributed by atoms with Crippen LogP contribution in [0.2, 0.25) is 0 Å². The molecule has 2 rings (SSSR count). The van der Waals surface area contributed by atoms with Crippen molar-refractivity contribution in [3.8, 4) is 5.75 Å². The number of carboxylic acid groups (broad SMARTS) is 1. The standard InChI is InChI=1S/C19H23NO3/c1-2-3-11-23-18-6-4-5-16(12-18)14-20-13-15-7-9-17(10-8-15)19(21)22/h4-10,12,20H,2-3,11,13-14H2,1H3,(H,21,22). The van der Waals surface area contributed by atoms with Gasteiger partial charge in [-0.2, -0.15) is 0 Å². The summed E-state index contributed by atoms with van der Waals surface area (Å²) in [4.78, 5) is 10.8. The summed E-state index contributed by atoms with van der Waals surface area (Å²) >= 11 is 0. The Kier molecular flexibility index (Phi) is 6.63. The number of rotatable bonds is 9. The van der Waals surface area contributed by atoms with E-state index in [9.17, 15) is 4.79 Å². The van der Waals surface area contributed by atoms with Crippen LogP contribution in [0, 0.1) is 0 Å².